The summed E-state index contributed by atoms with van der Waals surface area (Å²) in [4.78, 5) is 36.2. The number of nitrogens with one attached hydrogen (secondary N) is 2. The number of carbonyl (C=O) groups excluding carboxylic acids is 2. The maximum atomic E-state index is 12.2. The number of halogens is 2. The lowest BCUT2D eigenvalue weighted by Gasteiger charge is -2.08. The SMILES string of the molecule is O=C(NCCNC(=O)c1cc2ccccc2oc1=O)c1ccc(Cl)c(Cl)c1. The molecule has 0 aliphatic heterocycles. The smallest absolute Gasteiger partial charge is 0.349 e. The molecule has 138 valence electrons. The minimum absolute atomic E-state index is 0.0930. The van der Waals surface area contributed by atoms with E-state index in [9.17, 15) is 14.4 Å². The zero-order chi connectivity index (χ0) is 19.4. The van der Waals surface area contributed by atoms with Crippen molar-refractivity contribution < 1.29 is 14.0 Å². The van der Waals surface area contributed by atoms with Crippen LogP contribution in [-0.4, -0.2) is 24.9 Å². The van der Waals surface area contributed by atoms with Crippen molar-refractivity contribution >= 4 is 46.0 Å². The second-order valence-corrected chi connectivity index (χ2v) is 6.44. The van der Waals surface area contributed by atoms with E-state index >= 15 is 0 Å². The van der Waals surface area contributed by atoms with Crippen LogP contribution in [0.25, 0.3) is 11.0 Å². The molecule has 0 bridgehead atoms. The molecular weight excluding hydrogens is 391 g/mol. The first-order valence-corrected chi connectivity index (χ1v) is 8.75. The van der Waals surface area contributed by atoms with Crippen LogP contribution in [0.2, 0.25) is 10.0 Å². The summed E-state index contributed by atoms with van der Waals surface area (Å²) < 4.78 is 5.13. The quantitative estimate of drug-likeness (QED) is 0.504. The summed E-state index contributed by atoms with van der Waals surface area (Å²) in [6.45, 7) is 0.307. The first kappa shape index (κ1) is 18.9. The van der Waals surface area contributed by atoms with Gasteiger partial charge in [-0.3, -0.25) is 9.59 Å². The molecule has 2 amide bonds. The Kier molecular flexibility index (Phi) is 5.78. The number of fused-ring (bicyclic) bond motifs is 1. The molecule has 6 nitrogen and oxygen atoms in total. The highest BCUT2D eigenvalue weighted by Gasteiger charge is 2.13. The number of amides is 2. The van der Waals surface area contributed by atoms with Crippen LogP contribution in [0.4, 0.5) is 0 Å². The van der Waals surface area contributed by atoms with E-state index in [-0.39, 0.29) is 29.6 Å². The lowest BCUT2D eigenvalue weighted by Crippen LogP contribution is -2.36. The number of para-hydroxylation sites is 1. The fraction of sp³-hybridized carbons (Fsp3) is 0.105. The monoisotopic (exact) mass is 404 g/mol. The van der Waals surface area contributed by atoms with Gasteiger partial charge in [0.1, 0.15) is 11.1 Å². The van der Waals surface area contributed by atoms with Crippen molar-refractivity contribution in [1.82, 2.24) is 10.6 Å². The minimum Gasteiger partial charge on any atom is -0.422 e. The van der Waals surface area contributed by atoms with Gasteiger partial charge >= 0.3 is 5.63 Å². The van der Waals surface area contributed by atoms with Crippen LogP contribution in [-0.2, 0) is 0 Å². The molecule has 0 saturated carbocycles. The number of rotatable bonds is 5. The van der Waals surface area contributed by atoms with E-state index in [1.807, 2.05) is 0 Å². The van der Waals surface area contributed by atoms with E-state index in [4.69, 9.17) is 27.6 Å². The number of benzene rings is 2. The van der Waals surface area contributed by atoms with E-state index < -0.39 is 11.5 Å². The summed E-state index contributed by atoms with van der Waals surface area (Å²) >= 11 is 11.7. The number of hydrogen-bond acceptors (Lipinski definition) is 4. The second kappa shape index (κ2) is 8.24. The minimum atomic E-state index is -0.717. The van der Waals surface area contributed by atoms with Crippen LogP contribution >= 0.6 is 23.2 Å². The molecule has 0 saturated heterocycles. The van der Waals surface area contributed by atoms with Gasteiger partial charge in [0.05, 0.1) is 10.0 Å². The third-order valence-corrected chi connectivity index (χ3v) is 4.50. The average Bonchev–Trinajstić information content (AvgIpc) is 2.66. The van der Waals surface area contributed by atoms with Crippen molar-refractivity contribution in [2.75, 3.05) is 13.1 Å². The van der Waals surface area contributed by atoms with Crippen molar-refractivity contribution in [3.05, 3.63) is 80.1 Å². The van der Waals surface area contributed by atoms with Gasteiger partial charge in [0, 0.05) is 24.0 Å². The molecule has 0 aliphatic carbocycles. The fourth-order valence-electron chi connectivity index (χ4n) is 2.41. The van der Waals surface area contributed by atoms with E-state index in [0.717, 1.165) is 0 Å². The van der Waals surface area contributed by atoms with Crippen LogP contribution < -0.4 is 16.3 Å². The van der Waals surface area contributed by atoms with Gasteiger partial charge in [0.2, 0.25) is 0 Å². The Morgan fingerprint density at radius 2 is 1.59 bits per heavy atom. The molecule has 1 aromatic heterocycles. The topological polar surface area (TPSA) is 88.4 Å². The second-order valence-electron chi connectivity index (χ2n) is 5.63. The molecule has 2 aromatic carbocycles. The van der Waals surface area contributed by atoms with Crippen LogP contribution in [0.5, 0.6) is 0 Å². The third-order valence-electron chi connectivity index (χ3n) is 3.76. The number of hydrogen-bond donors (Lipinski definition) is 2. The average molecular weight is 405 g/mol. The third kappa shape index (κ3) is 4.48. The van der Waals surface area contributed by atoms with Gasteiger partial charge in [-0.1, -0.05) is 41.4 Å². The normalized spacial score (nSPS) is 10.6. The summed E-state index contributed by atoms with van der Waals surface area (Å²) in [6, 6.07) is 12.9. The van der Waals surface area contributed by atoms with Gasteiger partial charge in [0.25, 0.3) is 11.8 Å². The zero-order valence-electron chi connectivity index (χ0n) is 13.9. The van der Waals surface area contributed by atoms with Crippen molar-refractivity contribution in [2.45, 2.75) is 0 Å². The van der Waals surface area contributed by atoms with Gasteiger partial charge in [-0.15, -0.1) is 0 Å². The fourth-order valence-corrected chi connectivity index (χ4v) is 2.71. The molecule has 27 heavy (non-hydrogen) atoms. The molecule has 8 heteroatoms. The Morgan fingerprint density at radius 1 is 0.889 bits per heavy atom. The molecule has 1 heterocycles. The maximum Gasteiger partial charge on any atom is 0.349 e. The van der Waals surface area contributed by atoms with E-state index in [1.165, 1.54) is 18.2 Å². The molecule has 0 radical (unpaired) electrons. The summed E-state index contributed by atoms with van der Waals surface area (Å²) in [5, 5.41) is 6.49. The summed E-state index contributed by atoms with van der Waals surface area (Å²) in [5.74, 6) is -0.925. The largest absolute Gasteiger partial charge is 0.422 e. The van der Waals surface area contributed by atoms with Crippen LogP contribution in [0, 0.1) is 0 Å². The zero-order valence-corrected chi connectivity index (χ0v) is 15.4. The predicted octanol–water partition coefficient (Wildman–Crippen LogP) is 3.26. The molecule has 0 fully saturated rings. The summed E-state index contributed by atoms with van der Waals surface area (Å²) in [5.41, 5.74) is -0.0469. The molecule has 0 spiro atoms. The van der Waals surface area contributed by atoms with E-state index in [2.05, 4.69) is 10.6 Å². The first-order chi connectivity index (χ1) is 13.0. The highest BCUT2D eigenvalue weighted by Crippen LogP contribution is 2.22. The highest BCUT2D eigenvalue weighted by molar-refractivity contribution is 6.42. The molecule has 3 rings (SSSR count). The van der Waals surface area contributed by atoms with Crippen LogP contribution in [0.3, 0.4) is 0 Å². The van der Waals surface area contributed by atoms with Gasteiger partial charge < -0.3 is 15.1 Å². The standard InChI is InChI=1S/C19H14Cl2N2O4/c20-14-6-5-12(10-15(14)21)17(24)22-7-8-23-18(25)13-9-11-3-1-2-4-16(11)27-19(13)26/h1-6,9-10H,7-8H2,(H,22,24)(H,23,25). The van der Waals surface area contributed by atoms with E-state index in [1.54, 1.807) is 30.3 Å². The first-order valence-electron chi connectivity index (χ1n) is 8.00. The van der Waals surface area contributed by atoms with Crippen molar-refractivity contribution in [2.24, 2.45) is 0 Å². The number of carbonyl (C=O) groups is 2. The molecule has 0 unspecified atom stereocenters. The highest BCUT2D eigenvalue weighted by atomic mass is 35.5. The van der Waals surface area contributed by atoms with Crippen molar-refractivity contribution in [3.8, 4) is 0 Å². The van der Waals surface area contributed by atoms with Crippen LogP contribution in [0.1, 0.15) is 20.7 Å². The lowest BCUT2D eigenvalue weighted by atomic mass is 10.2. The molecule has 2 N–H and O–H groups in total. The Hall–Kier alpha value is -2.83. The maximum absolute atomic E-state index is 12.2. The Morgan fingerprint density at radius 3 is 2.33 bits per heavy atom. The Balaban J connectivity index is 1.57. The summed E-state index contributed by atoms with van der Waals surface area (Å²) in [6.07, 6.45) is 0. The Bertz CT molecular complexity index is 1080. The van der Waals surface area contributed by atoms with E-state index in [0.29, 0.717) is 21.6 Å². The molecule has 0 atom stereocenters. The van der Waals surface area contributed by atoms with Gasteiger partial charge in [0.15, 0.2) is 0 Å². The van der Waals surface area contributed by atoms with Gasteiger partial charge in [-0.05, 0) is 30.3 Å². The lowest BCUT2D eigenvalue weighted by molar-refractivity contribution is 0.0925. The van der Waals surface area contributed by atoms with Gasteiger partial charge in [-0.2, -0.15) is 0 Å². The van der Waals surface area contributed by atoms with Gasteiger partial charge in [-0.25, -0.2) is 4.79 Å². The van der Waals surface area contributed by atoms with Crippen LogP contribution in [0.15, 0.2) is 57.7 Å². The molecule has 0 aliphatic rings. The van der Waals surface area contributed by atoms with Crippen molar-refractivity contribution in [3.63, 3.8) is 0 Å². The summed E-state index contributed by atoms with van der Waals surface area (Å²) in [7, 11) is 0. The predicted molar refractivity (Wildman–Crippen MR) is 104 cm³/mol. The molecule has 3 aromatic rings. The Labute approximate surface area is 164 Å². The molecular formula is C19H14Cl2N2O4. The van der Waals surface area contributed by atoms with Crippen molar-refractivity contribution in [1.29, 1.82) is 0 Å².